The maximum atomic E-state index is 5.31. The lowest BCUT2D eigenvalue weighted by atomic mass is 10.1. The van der Waals surface area contributed by atoms with Crippen molar-refractivity contribution in [2.45, 2.75) is 19.5 Å². The highest BCUT2D eigenvalue weighted by Crippen LogP contribution is 2.22. The van der Waals surface area contributed by atoms with Gasteiger partial charge in [-0.25, -0.2) is 4.98 Å². The van der Waals surface area contributed by atoms with E-state index in [1.807, 2.05) is 19.1 Å². The van der Waals surface area contributed by atoms with Gasteiger partial charge >= 0.3 is 0 Å². The minimum atomic E-state index is 0.305. The molecule has 0 radical (unpaired) electrons. The Labute approximate surface area is 130 Å². The predicted molar refractivity (Wildman–Crippen MR) is 88.0 cm³/mol. The highest BCUT2D eigenvalue weighted by atomic mass is 32.1. The van der Waals surface area contributed by atoms with Crippen molar-refractivity contribution >= 4 is 11.3 Å². The first-order valence-electron chi connectivity index (χ1n) is 7.02. The number of methoxy groups -OCH3 is 1. The minimum absolute atomic E-state index is 0.305. The van der Waals surface area contributed by atoms with E-state index >= 15 is 0 Å². The molecule has 2 aromatic rings. The molecule has 0 fully saturated rings. The number of ether oxygens (including phenoxy) is 1. The van der Waals surface area contributed by atoms with Gasteiger partial charge in [0.2, 0.25) is 0 Å². The minimum Gasteiger partial charge on any atom is -0.497 e. The molecule has 1 aromatic carbocycles. The van der Waals surface area contributed by atoms with Gasteiger partial charge in [-0.2, -0.15) is 0 Å². The number of likely N-dealkylation sites (N-methyl/N-ethyl adjacent to an activating group) is 1. The van der Waals surface area contributed by atoms with E-state index in [1.165, 1.54) is 5.56 Å². The van der Waals surface area contributed by atoms with E-state index in [-0.39, 0.29) is 0 Å². The van der Waals surface area contributed by atoms with Crippen LogP contribution in [0.2, 0.25) is 0 Å². The standard InChI is InChI=1S/C16H23N3OS/c1-12-18-14(11-21-12)9-17-10-16(19(2)3)13-6-5-7-15(8-13)20-4/h5-8,11,16-17H,9-10H2,1-4H3. The quantitative estimate of drug-likeness (QED) is 0.853. The van der Waals surface area contributed by atoms with Crippen LogP contribution in [0.15, 0.2) is 29.6 Å². The number of hydrogen-bond donors (Lipinski definition) is 1. The maximum Gasteiger partial charge on any atom is 0.119 e. The third kappa shape index (κ3) is 4.52. The molecule has 114 valence electrons. The van der Waals surface area contributed by atoms with Crippen LogP contribution in [0.3, 0.4) is 0 Å². The monoisotopic (exact) mass is 305 g/mol. The fraction of sp³-hybridized carbons (Fsp3) is 0.438. The molecule has 0 aliphatic carbocycles. The van der Waals surface area contributed by atoms with Crippen LogP contribution in [0.25, 0.3) is 0 Å². The zero-order valence-corrected chi connectivity index (χ0v) is 13.9. The van der Waals surface area contributed by atoms with E-state index in [0.29, 0.717) is 6.04 Å². The average molecular weight is 305 g/mol. The van der Waals surface area contributed by atoms with E-state index in [1.54, 1.807) is 18.4 Å². The molecule has 4 nitrogen and oxygen atoms in total. The van der Waals surface area contributed by atoms with Gasteiger partial charge in [0.1, 0.15) is 5.75 Å². The van der Waals surface area contributed by atoms with Crippen LogP contribution in [-0.2, 0) is 6.54 Å². The fourth-order valence-electron chi connectivity index (χ4n) is 2.27. The van der Waals surface area contributed by atoms with Gasteiger partial charge in [-0.3, -0.25) is 0 Å². The Morgan fingerprint density at radius 3 is 2.81 bits per heavy atom. The third-order valence-electron chi connectivity index (χ3n) is 3.41. The first-order chi connectivity index (χ1) is 10.1. The Hall–Kier alpha value is -1.43. The third-order valence-corrected chi connectivity index (χ3v) is 4.23. The van der Waals surface area contributed by atoms with Crippen molar-refractivity contribution in [2.24, 2.45) is 0 Å². The summed E-state index contributed by atoms with van der Waals surface area (Å²) in [6, 6.07) is 8.55. The van der Waals surface area contributed by atoms with Crippen LogP contribution in [0.1, 0.15) is 22.3 Å². The molecule has 0 bridgehead atoms. The molecule has 0 aliphatic heterocycles. The number of aromatic nitrogens is 1. The molecule has 1 N–H and O–H groups in total. The molecule has 1 unspecified atom stereocenters. The van der Waals surface area contributed by atoms with Crippen LogP contribution in [0.4, 0.5) is 0 Å². The summed E-state index contributed by atoms with van der Waals surface area (Å²) in [5, 5.41) is 6.72. The van der Waals surface area contributed by atoms with Gasteiger partial charge in [0, 0.05) is 24.5 Å². The summed E-state index contributed by atoms with van der Waals surface area (Å²) in [4.78, 5) is 6.69. The van der Waals surface area contributed by atoms with Gasteiger partial charge in [-0.1, -0.05) is 12.1 Å². The van der Waals surface area contributed by atoms with E-state index in [4.69, 9.17) is 4.74 Å². The Bertz CT molecular complexity index is 568. The summed E-state index contributed by atoms with van der Waals surface area (Å²) in [5.41, 5.74) is 2.36. The number of benzene rings is 1. The molecule has 2 rings (SSSR count). The van der Waals surface area contributed by atoms with E-state index in [2.05, 4.69) is 46.8 Å². The molecule has 1 heterocycles. The maximum absolute atomic E-state index is 5.31. The average Bonchev–Trinajstić information content (AvgIpc) is 2.89. The predicted octanol–water partition coefficient (Wildman–Crippen LogP) is 2.85. The second-order valence-electron chi connectivity index (χ2n) is 5.24. The van der Waals surface area contributed by atoms with Crippen LogP contribution >= 0.6 is 11.3 Å². The summed E-state index contributed by atoms with van der Waals surface area (Å²) in [5.74, 6) is 0.898. The van der Waals surface area contributed by atoms with E-state index in [9.17, 15) is 0 Å². The van der Waals surface area contributed by atoms with Crippen molar-refractivity contribution in [1.82, 2.24) is 15.2 Å². The van der Waals surface area contributed by atoms with Crippen molar-refractivity contribution in [2.75, 3.05) is 27.7 Å². The number of rotatable bonds is 7. The lowest BCUT2D eigenvalue weighted by Gasteiger charge is -2.25. The van der Waals surface area contributed by atoms with E-state index < -0.39 is 0 Å². The lowest BCUT2D eigenvalue weighted by Crippen LogP contribution is -2.30. The van der Waals surface area contributed by atoms with Crippen molar-refractivity contribution in [3.63, 3.8) is 0 Å². The molecule has 0 spiro atoms. The summed E-state index contributed by atoms with van der Waals surface area (Å²) < 4.78 is 5.31. The van der Waals surface area contributed by atoms with Crippen LogP contribution < -0.4 is 10.1 Å². The SMILES string of the molecule is COc1cccc(C(CNCc2csc(C)n2)N(C)C)c1. The molecule has 0 aliphatic rings. The lowest BCUT2D eigenvalue weighted by molar-refractivity contribution is 0.287. The first-order valence-corrected chi connectivity index (χ1v) is 7.90. The Kier molecular flexibility index (Phi) is 5.73. The largest absolute Gasteiger partial charge is 0.497 e. The molecule has 0 amide bonds. The van der Waals surface area contributed by atoms with Gasteiger partial charge in [0.25, 0.3) is 0 Å². The zero-order valence-electron chi connectivity index (χ0n) is 13.1. The van der Waals surface area contributed by atoms with Crippen molar-refractivity contribution in [1.29, 1.82) is 0 Å². The number of nitrogens with one attached hydrogen (secondary N) is 1. The molecule has 1 aromatic heterocycles. The molecular weight excluding hydrogens is 282 g/mol. The zero-order chi connectivity index (χ0) is 15.2. The first kappa shape index (κ1) is 15.9. The highest BCUT2D eigenvalue weighted by molar-refractivity contribution is 7.09. The number of nitrogens with zero attached hydrogens (tertiary/aromatic N) is 2. The van der Waals surface area contributed by atoms with Crippen LogP contribution in [0, 0.1) is 6.92 Å². The number of thiazole rings is 1. The van der Waals surface area contributed by atoms with Gasteiger partial charge in [-0.05, 0) is 38.7 Å². The highest BCUT2D eigenvalue weighted by Gasteiger charge is 2.14. The van der Waals surface area contributed by atoms with Crippen LogP contribution in [-0.4, -0.2) is 37.6 Å². The smallest absolute Gasteiger partial charge is 0.119 e. The van der Waals surface area contributed by atoms with Crippen molar-refractivity contribution < 1.29 is 4.74 Å². The van der Waals surface area contributed by atoms with Gasteiger partial charge in [0.05, 0.1) is 17.8 Å². The molecule has 21 heavy (non-hydrogen) atoms. The molecule has 1 atom stereocenters. The van der Waals surface area contributed by atoms with Gasteiger partial charge in [0.15, 0.2) is 0 Å². The summed E-state index contributed by atoms with van der Waals surface area (Å²) >= 11 is 1.69. The van der Waals surface area contributed by atoms with Crippen LogP contribution in [0.5, 0.6) is 5.75 Å². The molecule has 5 heteroatoms. The second-order valence-corrected chi connectivity index (χ2v) is 6.31. The normalized spacial score (nSPS) is 12.6. The summed E-state index contributed by atoms with van der Waals surface area (Å²) in [6.07, 6.45) is 0. The number of hydrogen-bond acceptors (Lipinski definition) is 5. The van der Waals surface area contributed by atoms with Gasteiger partial charge in [-0.15, -0.1) is 11.3 Å². The van der Waals surface area contributed by atoms with E-state index in [0.717, 1.165) is 29.5 Å². The Morgan fingerprint density at radius 1 is 1.38 bits per heavy atom. The topological polar surface area (TPSA) is 37.4 Å². The summed E-state index contributed by atoms with van der Waals surface area (Å²) in [6.45, 7) is 3.71. The van der Waals surface area contributed by atoms with Crippen molar-refractivity contribution in [3.8, 4) is 5.75 Å². The Balaban J connectivity index is 1.98. The van der Waals surface area contributed by atoms with Crippen molar-refractivity contribution in [3.05, 3.63) is 45.9 Å². The fourth-order valence-corrected chi connectivity index (χ4v) is 2.89. The number of aryl methyl sites for hydroxylation is 1. The Morgan fingerprint density at radius 2 is 2.19 bits per heavy atom. The second kappa shape index (κ2) is 7.54. The molecule has 0 saturated heterocycles. The molecular formula is C16H23N3OS. The summed E-state index contributed by atoms with van der Waals surface area (Å²) in [7, 11) is 5.89. The van der Waals surface area contributed by atoms with Gasteiger partial charge < -0.3 is 15.0 Å². The molecule has 0 saturated carbocycles.